The van der Waals surface area contributed by atoms with E-state index in [1.165, 1.54) is 0 Å². The number of nitrogen functional groups attached to an aromatic ring is 1. The molecule has 1 rings (SSSR count). The molecule has 0 saturated carbocycles. The van der Waals surface area contributed by atoms with Gasteiger partial charge in [-0.2, -0.15) is 13.2 Å². The molecule has 1 aromatic rings. The monoisotopic (exact) mass is 243 g/mol. The largest absolute Gasteiger partial charge is 0.396 e. The van der Waals surface area contributed by atoms with Gasteiger partial charge in [0.15, 0.2) is 0 Å². The Morgan fingerprint density at radius 2 is 1.57 bits per heavy atom. The first-order chi connectivity index (χ1) is 6.29. The van der Waals surface area contributed by atoms with Crippen LogP contribution >= 0.6 is 23.2 Å². The summed E-state index contributed by atoms with van der Waals surface area (Å²) in [4.78, 5) is 0. The lowest BCUT2D eigenvalue weighted by Gasteiger charge is -2.08. The van der Waals surface area contributed by atoms with Crippen molar-refractivity contribution in [3.8, 4) is 0 Å². The molecule has 6 heteroatoms. The van der Waals surface area contributed by atoms with Gasteiger partial charge in [-0.15, -0.1) is 0 Å². The number of halogens is 5. The van der Waals surface area contributed by atoms with E-state index in [0.29, 0.717) is 0 Å². The molecule has 14 heavy (non-hydrogen) atoms. The fraction of sp³-hybridized carbons (Fsp3) is 0.250. The van der Waals surface area contributed by atoms with E-state index in [4.69, 9.17) is 28.9 Å². The van der Waals surface area contributed by atoms with E-state index < -0.39 is 12.6 Å². The number of anilines is 1. The third kappa shape index (κ3) is 2.96. The van der Waals surface area contributed by atoms with Crippen molar-refractivity contribution in [1.29, 1.82) is 0 Å². The normalized spacial score (nSPS) is 11.8. The Balaban J connectivity index is 3.02. The first-order valence-corrected chi connectivity index (χ1v) is 4.35. The zero-order valence-corrected chi connectivity index (χ0v) is 8.34. The van der Waals surface area contributed by atoms with Crippen molar-refractivity contribution >= 4 is 28.9 Å². The molecule has 0 aliphatic rings. The van der Waals surface area contributed by atoms with Crippen LogP contribution in [0.25, 0.3) is 0 Å². The first kappa shape index (κ1) is 11.5. The summed E-state index contributed by atoms with van der Waals surface area (Å²) in [5.41, 5.74) is 5.47. The second kappa shape index (κ2) is 3.87. The zero-order valence-electron chi connectivity index (χ0n) is 6.83. The summed E-state index contributed by atoms with van der Waals surface area (Å²) in [7, 11) is 0. The molecule has 0 unspecified atom stereocenters. The van der Waals surface area contributed by atoms with E-state index in [9.17, 15) is 13.2 Å². The van der Waals surface area contributed by atoms with Crippen LogP contribution in [-0.2, 0) is 6.42 Å². The number of benzene rings is 1. The van der Waals surface area contributed by atoms with Crippen molar-refractivity contribution in [2.45, 2.75) is 12.6 Å². The van der Waals surface area contributed by atoms with Crippen molar-refractivity contribution in [3.05, 3.63) is 27.7 Å². The molecule has 0 fully saturated rings. The second-order valence-electron chi connectivity index (χ2n) is 2.77. The molecule has 0 bridgehead atoms. The molecule has 0 amide bonds. The van der Waals surface area contributed by atoms with E-state index in [2.05, 4.69) is 0 Å². The number of hydrogen-bond donors (Lipinski definition) is 1. The van der Waals surface area contributed by atoms with Gasteiger partial charge in [0.2, 0.25) is 0 Å². The molecular formula is C8H6Cl2F3N. The maximum atomic E-state index is 12.0. The number of alkyl halides is 3. The van der Waals surface area contributed by atoms with Crippen LogP contribution < -0.4 is 5.73 Å². The van der Waals surface area contributed by atoms with Crippen molar-refractivity contribution in [1.82, 2.24) is 0 Å². The molecule has 0 spiro atoms. The topological polar surface area (TPSA) is 26.0 Å². The highest BCUT2D eigenvalue weighted by atomic mass is 35.5. The molecule has 0 aromatic heterocycles. The van der Waals surface area contributed by atoms with Gasteiger partial charge in [0, 0.05) is 0 Å². The number of hydrogen-bond acceptors (Lipinski definition) is 1. The van der Waals surface area contributed by atoms with E-state index in [-0.39, 0.29) is 21.3 Å². The summed E-state index contributed by atoms with van der Waals surface area (Å²) in [6.45, 7) is 0. The van der Waals surface area contributed by atoms with Crippen molar-refractivity contribution in [2.75, 3.05) is 5.73 Å². The van der Waals surface area contributed by atoms with Crippen LogP contribution in [0.5, 0.6) is 0 Å². The Hall–Kier alpha value is -0.610. The Kier molecular flexibility index (Phi) is 3.17. The standard InChI is InChI=1S/C8H6Cl2F3N/c9-5-1-4(3-8(11,12)13)2-6(10)7(5)14/h1-2H,3,14H2. The smallest absolute Gasteiger partial charge is 0.393 e. The lowest BCUT2D eigenvalue weighted by Crippen LogP contribution is -2.11. The predicted molar refractivity (Wildman–Crippen MR) is 50.6 cm³/mol. The molecule has 78 valence electrons. The minimum Gasteiger partial charge on any atom is -0.396 e. The molecular weight excluding hydrogens is 238 g/mol. The maximum Gasteiger partial charge on any atom is 0.393 e. The van der Waals surface area contributed by atoms with Gasteiger partial charge in [0.25, 0.3) is 0 Å². The molecule has 0 radical (unpaired) electrons. The van der Waals surface area contributed by atoms with Crippen LogP contribution in [-0.4, -0.2) is 6.18 Å². The van der Waals surface area contributed by atoms with Crippen LogP contribution in [0.1, 0.15) is 5.56 Å². The second-order valence-corrected chi connectivity index (χ2v) is 3.58. The molecule has 0 saturated heterocycles. The molecule has 2 N–H and O–H groups in total. The Bertz CT molecular complexity index is 326. The lowest BCUT2D eigenvalue weighted by atomic mass is 10.1. The Labute approximate surface area is 88.6 Å². The van der Waals surface area contributed by atoms with Gasteiger partial charge in [-0.25, -0.2) is 0 Å². The van der Waals surface area contributed by atoms with Crippen molar-refractivity contribution < 1.29 is 13.2 Å². The summed E-state index contributed by atoms with van der Waals surface area (Å²) in [6, 6.07) is 2.33. The summed E-state index contributed by atoms with van der Waals surface area (Å²) in [5, 5.41) is 0.0773. The van der Waals surface area contributed by atoms with Crippen LogP contribution in [0.3, 0.4) is 0 Å². The first-order valence-electron chi connectivity index (χ1n) is 3.60. The summed E-state index contributed by atoms with van der Waals surface area (Å²) in [6.07, 6.45) is -5.34. The van der Waals surface area contributed by atoms with Crippen LogP contribution in [0.4, 0.5) is 18.9 Å². The molecule has 0 heterocycles. The quantitative estimate of drug-likeness (QED) is 0.749. The summed E-state index contributed by atoms with van der Waals surface area (Å²) < 4.78 is 36.0. The van der Waals surface area contributed by atoms with Gasteiger partial charge in [0.1, 0.15) is 0 Å². The highest BCUT2D eigenvalue weighted by molar-refractivity contribution is 6.38. The number of rotatable bonds is 1. The van der Waals surface area contributed by atoms with Gasteiger partial charge in [-0.05, 0) is 17.7 Å². The third-order valence-electron chi connectivity index (χ3n) is 1.54. The van der Waals surface area contributed by atoms with Crippen molar-refractivity contribution in [2.24, 2.45) is 0 Å². The lowest BCUT2D eigenvalue weighted by molar-refractivity contribution is -0.127. The van der Waals surface area contributed by atoms with Gasteiger partial charge >= 0.3 is 6.18 Å². The van der Waals surface area contributed by atoms with E-state index in [1.807, 2.05) is 0 Å². The minimum atomic E-state index is -4.28. The highest BCUT2D eigenvalue weighted by Gasteiger charge is 2.28. The fourth-order valence-corrected chi connectivity index (χ4v) is 1.50. The molecule has 1 nitrogen and oxygen atoms in total. The Morgan fingerprint density at radius 3 is 1.93 bits per heavy atom. The SMILES string of the molecule is Nc1c(Cl)cc(CC(F)(F)F)cc1Cl. The van der Waals surface area contributed by atoms with Crippen molar-refractivity contribution in [3.63, 3.8) is 0 Å². The van der Waals surface area contributed by atoms with Crippen LogP contribution in [0.2, 0.25) is 10.0 Å². The average Bonchev–Trinajstić information content (AvgIpc) is 1.96. The summed E-state index contributed by atoms with van der Waals surface area (Å²) >= 11 is 11.1. The number of nitrogens with two attached hydrogens (primary N) is 1. The van der Waals surface area contributed by atoms with Gasteiger partial charge in [-0.1, -0.05) is 23.2 Å². The average molecular weight is 244 g/mol. The molecule has 0 aliphatic heterocycles. The highest BCUT2D eigenvalue weighted by Crippen LogP contribution is 2.31. The predicted octanol–water partition coefficient (Wildman–Crippen LogP) is 3.68. The van der Waals surface area contributed by atoms with E-state index in [1.54, 1.807) is 0 Å². The maximum absolute atomic E-state index is 12.0. The molecule has 1 aromatic carbocycles. The van der Waals surface area contributed by atoms with E-state index in [0.717, 1.165) is 12.1 Å². The van der Waals surface area contributed by atoms with Crippen LogP contribution in [0.15, 0.2) is 12.1 Å². The summed E-state index contributed by atoms with van der Waals surface area (Å²) in [5.74, 6) is 0. The van der Waals surface area contributed by atoms with Crippen LogP contribution in [0, 0.1) is 0 Å². The fourth-order valence-electron chi connectivity index (χ4n) is 0.970. The van der Waals surface area contributed by atoms with Gasteiger partial charge in [-0.3, -0.25) is 0 Å². The Morgan fingerprint density at radius 1 is 1.14 bits per heavy atom. The van der Waals surface area contributed by atoms with E-state index >= 15 is 0 Å². The molecule has 0 aliphatic carbocycles. The minimum absolute atomic E-state index is 0.00157. The molecule has 0 atom stereocenters. The third-order valence-corrected chi connectivity index (χ3v) is 2.17. The van der Waals surface area contributed by atoms with Gasteiger partial charge < -0.3 is 5.73 Å². The van der Waals surface area contributed by atoms with Gasteiger partial charge in [0.05, 0.1) is 22.2 Å². The zero-order chi connectivity index (χ0) is 10.9.